The van der Waals surface area contributed by atoms with Crippen LogP contribution < -0.4 is 5.32 Å². The van der Waals surface area contributed by atoms with Gasteiger partial charge in [0.25, 0.3) is 5.91 Å². The number of hydrogen-bond acceptors (Lipinski definition) is 5. The summed E-state index contributed by atoms with van der Waals surface area (Å²) in [6, 6.07) is 3.22. The lowest BCUT2D eigenvalue weighted by atomic mass is 10.2. The number of halogens is 1. The average Bonchev–Trinajstić information content (AvgIpc) is 2.73. The second-order valence-corrected chi connectivity index (χ2v) is 4.01. The fourth-order valence-electron chi connectivity index (χ4n) is 1.38. The molecule has 2 aromatic heterocycles. The Kier molecular flexibility index (Phi) is 3.57. The van der Waals surface area contributed by atoms with E-state index in [0.717, 1.165) is 5.69 Å². The summed E-state index contributed by atoms with van der Waals surface area (Å²) in [5.41, 5.74) is 1.15. The summed E-state index contributed by atoms with van der Waals surface area (Å²) in [5.74, 6) is 0.0879. The molecule has 18 heavy (non-hydrogen) atoms. The molecule has 6 nitrogen and oxygen atoms in total. The number of rotatable bonds is 3. The van der Waals surface area contributed by atoms with Crippen molar-refractivity contribution >= 4 is 23.5 Å². The largest absolute Gasteiger partial charge is 0.328 e. The quantitative estimate of drug-likeness (QED) is 0.862. The molecule has 2 aromatic rings. The molecule has 0 aliphatic heterocycles. The van der Waals surface area contributed by atoms with Gasteiger partial charge in [-0.1, -0.05) is 23.7 Å². The molecular formula is C11H11ClN4O2. The summed E-state index contributed by atoms with van der Waals surface area (Å²) in [5, 5.41) is 6.35. The summed E-state index contributed by atoms with van der Waals surface area (Å²) < 4.78 is 4.80. The Labute approximate surface area is 108 Å². The average molecular weight is 267 g/mol. The molecule has 1 amide bonds. The molecule has 0 spiro atoms. The number of pyridine rings is 1. The molecule has 0 saturated carbocycles. The molecule has 0 aliphatic rings. The van der Waals surface area contributed by atoms with Crippen molar-refractivity contribution < 1.29 is 9.32 Å². The van der Waals surface area contributed by atoms with Crippen LogP contribution in [-0.4, -0.2) is 21.0 Å². The van der Waals surface area contributed by atoms with Crippen LogP contribution in [0.1, 0.15) is 28.8 Å². The molecule has 0 bridgehead atoms. The summed E-state index contributed by atoms with van der Waals surface area (Å²) in [6.07, 6.45) is 0.695. The lowest BCUT2D eigenvalue weighted by Gasteiger charge is -2.03. The number of hydrogen-bond donors (Lipinski definition) is 1. The topological polar surface area (TPSA) is 80.9 Å². The van der Waals surface area contributed by atoms with Crippen LogP contribution in [-0.2, 0) is 6.42 Å². The van der Waals surface area contributed by atoms with E-state index in [9.17, 15) is 4.79 Å². The number of anilines is 1. The van der Waals surface area contributed by atoms with Gasteiger partial charge in [0, 0.05) is 11.3 Å². The second kappa shape index (κ2) is 5.14. The van der Waals surface area contributed by atoms with Gasteiger partial charge in [-0.05, 0) is 25.5 Å². The Hall–Kier alpha value is -1.95. The minimum Gasteiger partial charge on any atom is -0.315 e. The first-order valence-electron chi connectivity index (χ1n) is 5.36. The number of nitrogens with one attached hydrogen (secondary N) is 1. The van der Waals surface area contributed by atoms with Crippen LogP contribution in [0, 0.1) is 6.92 Å². The van der Waals surface area contributed by atoms with Gasteiger partial charge < -0.3 is 4.52 Å². The first kappa shape index (κ1) is 12.5. The van der Waals surface area contributed by atoms with Crippen molar-refractivity contribution in [1.82, 2.24) is 15.1 Å². The smallest absolute Gasteiger partial charge is 0.315 e. The van der Waals surface area contributed by atoms with E-state index >= 15 is 0 Å². The Balaban J connectivity index is 2.20. The number of aryl methyl sites for hydroxylation is 2. The minimum absolute atomic E-state index is 0.0588. The van der Waals surface area contributed by atoms with Crippen LogP contribution in [0.4, 0.5) is 6.01 Å². The van der Waals surface area contributed by atoms with Crippen LogP contribution in [0.3, 0.4) is 0 Å². The van der Waals surface area contributed by atoms with E-state index in [0.29, 0.717) is 17.8 Å². The Morgan fingerprint density at radius 2 is 2.22 bits per heavy atom. The lowest BCUT2D eigenvalue weighted by Crippen LogP contribution is -2.13. The van der Waals surface area contributed by atoms with Crippen LogP contribution in [0.5, 0.6) is 0 Å². The van der Waals surface area contributed by atoms with Gasteiger partial charge in [0.2, 0.25) is 0 Å². The molecule has 1 N–H and O–H groups in total. The molecule has 0 unspecified atom stereocenters. The first-order valence-corrected chi connectivity index (χ1v) is 5.74. The van der Waals surface area contributed by atoms with Gasteiger partial charge in [-0.2, -0.15) is 4.98 Å². The molecule has 94 valence electrons. The van der Waals surface area contributed by atoms with Gasteiger partial charge in [0.15, 0.2) is 5.82 Å². The molecule has 0 aliphatic carbocycles. The van der Waals surface area contributed by atoms with E-state index in [4.69, 9.17) is 16.1 Å². The third kappa shape index (κ3) is 2.84. The van der Waals surface area contributed by atoms with E-state index < -0.39 is 0 Å². The number of aromatic nitrogens is 3. The molecule has 2 rings (SSSR count). The summed E-state index contributed by atoms with van der Waals surface area (Å²) in [7, 11) is 0. The van der Waals surface area contributed by atoms with Gasteiger partial charge in [-0.25, -0.2) is 4.98 Å². The van der Waals surface area contributed by atoms with E-state index in [2.05, 4.69) is 20.4 Å². The highest BCUT2D eigenvalue weighted by Gasteiger charge is 2.12. The monoisotopic (exact) mass is 266 g/mol. The summed E-state index contributed by atoms with van der Waals surface area (Å²) >= 11 is 5.84. The van der Waals surface area contributed by atoms with Crippen LogP contribution in [0.25, 0.3) is 0 Å². The molecule has 0 aromatic carbocycles. The summed E-state index contributed by atoms with van der Waals surface area (Å²) in [4.78, 5) is 19.9. The van der Waals surface area contributed by atoms with E-state index in [1.54, 1.807) is 13.0 Å². The Morgan fingerprint density at radius 3 is 2.83 bits per heavy atom. The zero-order valence-corrected chi connectivity index (χ0v) is 10.7. The van der Waals surface area contributed by atoms with Crippen molar-refractivity contribution in [3.63, 3.8) is 0 Å². The van der Waals surface area contributed by atoms with Crippen molar-refractivity contribution in [2.45, 2.75) is 20.3 Å². The van der Waals surface area contributed by atoms with Crippen LogP contribution in [0.15, 0.2) is 16.7 Å². The van der Waals surface area contributed by atoms with Gasteiger partial charge >= 0.3 is 6.01 Å². The SMILES string of the molecule is CCc1cc(C(=O)Nc2nc(C)no2)cc(Cl)n1. The highest BCUT2D eigenvalue weighted by Crippen LogP contribution is 2.13. The number of amides is 1. The molecule has 0 fully saturated rings. The maximum Gasteiger partial charge on any atom is 0.328 e. The van der Waals surface area contributed by atoms with E-state index in [-0.39, 0.29) is 17.1 Å². The van der Waals surface area contributed by atoms with Gasteiger partial charge in [-0.3, -0.25) is 10.1 Å². The maximum absolute atomic E-state index is 11.9. The molecule has 7 heteroatoms. The van der Waals surface area contributed by atoms with Crippen LogP contribution in [0.2, 0.25) is 5.15 Å². The van der Waals surface area contributed by atoms with Crippen molar-refractivity contribution in [2.24, 2.45) is 0 Å². The van der Waals surface area contributed by atoms with Gasteiger partial charge in [-0.15, -0.1) is 0 Å². The van der Waals surface area contributed by atoms with E-state index in [1.807, 2.05) is 6.92 Å². The van der Waals surface area contributed by atoms with Crippen molar-refractivity contribution in [2.75, 3.05) is 5.32 Å². The third-order valence-electron chi connectivity index (χ3n) is 2.22. The molecular weight excluding hydrogens is 256 g/mol. The third-order valence-corrected chi connectivity index (χ3v) is 2.41. The lowest BCUT2D eigenvalue weighted by molar-refractivity contribution is 0.102. The first-order chi connectivity index (χ1) is 8.58. The maximum atomic E-state index is 11.9. The normalized spacial score (nSPS) is 10.4. The van der Waals surface area contributed by atoms with Gasteiger partial charge in [0.05, 0.1) is 0 Å². The fraction of sp³-hybridized carbons (Fsp3) is 0.273. The number of carbonyl (C=O) groups is 1. The highest BCUT2D eigenvalue weighted by atomic mass is 35.5. The predicted octanol–water partition coefficient (Wildman–Crippen LogP) is 2.24. The number of nitrogens with zero attached hydrogens (tertiary/aromatic N) is 3. The molecule has 0 radical (unpaired) electrons. The van der Waals surface area contributed by atoms with Crippen molar-refractivity contribution in [3.05, 3.63) is 34.4 Å². The zero-order chi connectivity index (χ0) is 13.1. The molecule has 0 saturated heterocycles. The predicted molar refractivity (Wildman–Crippen MR) is 65.6 cm³/mol. The Bertz CT molecular complexity index is 582. The van der Waals surface area contributed by atoms with Crippen LogP contribution >= 0.6 is 11.6 Å². The minimum atomic E-state index is -0.363. The standard InChI is InChI=1S/C11H11ClN4O2/c1-3-8-4-7(5-9(12)14-8)10(17)15-11-13-6(2)16-18-11/h4-5H,3H2,1-2H3,(H,13,15,16,17). The van der Waals surface area contributed by atoms with Crippen molar-refractivity contribution in [3.8, 4) is 0 Å². The van der Waals surface area contributed by atoms with Crippen molar-refractivity contribution in [1.29, 1.82) is 0 Å². The Morgan fingerprint density at radius 1 is 1.44 bits per heavy atom. The molecule has 0 atom stereocenters. The fourth-order valence-corrected chi connectivity index (χ4v) is 1.61. The van der Waals surface area contributed by atoms with E-state index in [1.165, 1.54) is 6.07 Å². The highest BCUT2D eigenvalue weighted by molar-refractivity contribution is 6.29. The summed E-state index contributed by atoms with van der Waals surface area (Å²) in [6.45, 7) is 3.60. The zero-order valence-electron chi connectivity index (χ0n) is 9.90. The number of carbonyl (C=O) groups excluding carboxylic acids is 1. The van der Waals surface area contributed by atoms with Gasteiger partial charge in [0.1, 0.15) is 5.15 Å². The molecule has 2 heterocycles. The second-order valence-electron chi connectivity index (χ2n) is 3.62.